The molecule has 1 aliphatic heterocycles. The van der Waals surface area contributed by atoms with E-state index < -0.39 is 0 Å². The van der Waals surface area contributed by atoms with E-state index in [4.69, 9.17) is 16.3 Å². The lowest BCUT2D eigenvalue weighted by atomic mass is 9.88. The molecule has 0 spiro atoms. The number of piperidine rings is 1. The van der Waals surface area contributed by atoms with Crippen molar-refractivity contribution in [1.29, 1.82) is 0 Å². The number of carbonyl (C=O) groups excluding carboxylic acids is 2. The Morgan fingerprint density at radius 1 is 1.46 bits per heavy atom. The lowest BCUT2D eigenvalue weighted by Crippen LogP contribution is -2.51. The van der Waals surface area contributed by atoms with Crippen molar-refractivity contribution in [3.05, 3.63) is 23.2 Å². The van der Waals surface area contributed by atoms with Crippen LogP contribution in [0.25, 0.3) is 0 Å². The van der Waals surface area contributed by atoms with Gasteiger partial charge in [0, 0.05) is 24.7 Å². The maximum atomic E-state index is 12.7. The molecule has 0 unspecified atom stereocenters. The molecule has 1 saturated heterocycles. The number of anilines is 1. The molecule has 6 heteroatoms. The number of ether oxygens (including phenoxy) is 1. The van der Waals surface area contributed by atoms with Crippen LogP contribution in [-0.2, 0) is 9.59 Å². The van der Waals surface area contributed by atoms with Crippen molar-refractivity contribution in [3.8, 4) is 5.75 Å². The van der Waals surface area contributed by atoms with E-state index in [1.807, 2.05) is 11.8 Å². The number of amides is 2. The lowest BCUT2D eigenvalue weighted by Gasteiger charge is -2.39. The van der Waals surface area contributed by atoms with Gasteiger partial charge in [-0.3, -0.25) is 9.59 Å². The number of nitrogens with one attached hydrogen (secondary N) is 1. The summed E-state index contributed by atoms with van der Waals surface area (Å²) in [6.07, 6.45) is 0.989. The summed E-state index contributed by atoms with van der Waals surface area (Å²) < 4.78 is 5.11. The number of benzene rings is 1. The number of methoxy groups -OCH3 is 1. The van der Waals surface area contributed by atoms with E-state index in [1.165, 1.54) is 0 Å². The Morgan fingerprint density at radius 2 is 2.17 bits per heavy atom. The number of nitrogens with zero attached hydrogens (tertiary/aromatic N) is 1. The summed E-state index contributed by atoms with van der Waals surface area (Å²) in [5.74, 6) is 0.771. The highest BCUT2D eigenvalue weighted by molar-refractivity contribution is 6.32. The summed E-state index contributed by atoms with van der Waals surface area (Å²) in [6.45, 7) is 6.77. The van der Waals surface area contributed by atoms with Crippen molar-refractivity contribution in [2.24, 2.45) is 11.8 Å². The zero-order valence-electron chi connectivity index (χ0n) is 14.6. The van der Waals surface area contributed by atoms with Crippen molar-refractivity contribution in [2.75, 3.05) is 19.0 Å². The van der Waals surface area contributed by atoms with E-state index >= 15 is 0 Å². The van der Waals surface area contributed by atoms with Gasteiger partial charge in [-0.15, -0.1) is 0 Å². The third-order valence-electron chi connectivity index (χ3n) is 4.38. The summed E-state index contributed by atoms with van der Waals surface area (Å²) >= 11 is 6.10. The van der Waals surface area contributed by atoms with Crippen LogP contribution in [0.5, 0.6) is 5.75 Å². The Bertz CT molecular complexity index is 618. The molecular weight excluding hydrogens is 328 g/mol. The minimum atomic E-state index is -0.220. The topological polar surface area (TPSA) is 58.6 Å². The molecule has 1 fully saturated rings. The Hall–Kier alpha value is -1.75. The fourth-order valence-corrected chi connectivity index (χ4v) is 3.36. The molecule has 2 amide bonds. The van der Waals surface area contributed by atoms with Gasteiger partial charge in [0.1, 0.15) is 5.75 Å². The first kappa shape index (κ1) is 18.6. The van der Waals surface area contributed by atoms with E-state index in [0.717, 1.165) is 0 Å². The van der Waals surface area contributed by atoms with Crippen molar-refractivity contribution in [3.63, 3.8) is 0 Å². The lowest BCUT2D eigenvalue weighted by molar-refractivity contribution is -0.141. The number of rotatable bonds is 5. The van der Waals surface area contributed by atoms with Crippen LogP contribution in [0.1, 0.15) is 33.6 Å². The highest BCUT2D eigenvalue weighted by atomic mass is 35.5. The second-order valence-corrected chi connectivity index (χ2v) is 7.07. The average Bonchev–Trinajstić information content (AvgIpc) is 2.51. The summed E-state index contributed by atoms with van der Waals surface area (Å²) in [5, 5.41) is 3.35. The molecule has 1 aliphatic rings. The van der Waals surface area contributed by atoms with Crippen LogP contribution in [0.4, 0.5) is 5.69 Å². The standard InChI is InChI=1S/C18H25ClN2O3/c1-11(2)10-21-12(3)14(6-8-17(21)22)18(23)20-13-5-7-16(24-4)15(19)9-13/h5,7,9,11-12,14H,6,8,10H2,1-4H3,(H,20,23)/t12-,14-/m1/s1. The highest BCUT2D eigenvalue weighted by Crippen LogP contribution is 2.29. The molecule has 0 saturated carbocycles. The molecule has 2 atom stereocenters. The number of halogens is 1. The Labute approximate surface area is 148 Å². The quantitative estimate of drug-likeness (QED) is 0.881. The normalized spacial score (nSPS) is 21.1. The fourth-order valence-electron chi connectivity index (χ4n) is 3.10. The van der Waals surface area contributed by atoms with Gasteiger partial charge in [-0.25, -0.2) is 0 Å². The van der Waals surface area contributed by atoms with Crippen LogP contribution < -0.4 is 10.1 Å². The van der Waals surface area contributed by atoms with E-state index in [2.05, 4.69) is 19.2 Å². The molecule has 5 nitrogen and oxygen atoms in total. The molecule has 1 aromatic carbocycles. The second-order valence-electron chi connectivity index (χ2n) is 6.66. The molecule has 0 bridgehead atoms. The van der Waals surface area contributed by atoms with E-state index in [0.29, 0.717) is 41.8 Å². The van der Waals surface area contributed by atoms with Gasteiger partial charge < -0.3 is 15.0 Å². The molecule has 1 heterocycles. The van der Waals surface area contributed by atoms with Gasteiger partial charge in [-0.2, -0.15) is 0 Å². The Balaban J connectivity index is 2.08. The molecule has 0 radical (unpaired) electrons. The SMILES string of the molecule is COc1ccc(NC(=O)[C@@H]2CCC(=O)N(CC(C)C)[C@@H]2C)cc1Cl. The average molecular weight is 353 g/mol. The van der Waals surface area contributed by atoms with Crippen molar-refractivity contribution >= 4 is 29.1 Å². The van der Waals surface area contributed by atoms with Gasteiger partial charge >= 0.3 is 0 Å². The predicted octanol–water partition coefficient (Wildman–Crippen LogP) is 3.57. The van der Waals surface area contributed by atoms with Gasteiger partial charge in [-0.05, 0) is 37.5 Å². The molecule has 0 aromatic heterocycles. The largest absolute Gasteiger partial charge is 0.495 e. The third-order valence-corrected chi connectivity index (χ3v) is 4.68. The predicted molar refractivity (Wildman–Crippen MR) is 95.4 cm³/mol. The van der Waals surface area contributed by atoms with Crippen molar-refractivity contribution in [2.45, 2.75) is 39.7 Å². The molecule has 1 aromatic rings. The van der Waals surface area contributed by atoms with Crippen molar-refractivity contribution < 1.29 is 14.3 Å². The Morgan fingerprint density at radius 3 is 2.75 bits per heavy atom. The van der Waals surface area contributed by atoms with Crippen LogP contribution in [0.3, 0.4) is 0 Å². The van der Waals surface area contributed by atoms with E-state index in [1.54, 1.807) is 25.3 Å². The van der Waals surface area contributed by atoms with Crippen LogP contribution in [0, 0.1) is 11.8 Å². The van der Waals surface area contributed by atoms with Gasteiger partial charge in [0.05, 0.1) is 18.1 Å². The fraction of sp³-hybridized carbons (Fsp3) is 0.556. The van der Waals surface area contributed by atoms with Crippen LogP contribution in [0.15, 0.2) is 18.2 Å². The summed E-state index contributed by atoms with van der Waals surface area (Å²) in [4.78, 5) is 26.6. The number of likely N-dealkylation sites (tertiary alicyclic amines) is 1. The van der Waals surface area contributed by atoms with E-state index in [9.17, 15) is 9.59 Å². The maximum absolute atomic E-state index is 12.7. The molecule has 1 N–H and O–H groups in total. The van der Waals surface area contributed by atoms with Crippen molar-refractivity contribution in [1.82, 2.24) is 4.90 Å². The zero-order chi connectivity index (χ0) is 17.9. The van der Waals surface area contributed by atoms with Gasteiger partial charge in [0.25, 0.3) is 0 Å². The molecule has 0 aliphatic carbocycles. The number of hydrogen-bond acceptors (Lipinski definition) is 3. The highest BCUT2D eigenvalue weighted by Gasteiger charge is 2.37. The smallest absolute Gasteiger partial charge is 0.229 e. The van der Waals surface area contributed by atoms with Crippen LogP contribution in [0.2, 0.25) is 5.02 Å². The minimum Gasteiger partial charge on any atom is -0.495 e. The summed E-state index contributed by atoms with van der Waals surface area (Å²) in [5.41, 5.74) is 0.630. The molecule has 24 heavy (non-hydrogen) atoms. The summed E-state index contributed by atoms with van der Waals surface area (Å²) in [6, 6.07) is 5.04. The number of carbonyl (C=O) groups is 2. The molecule has 132 valence electrons. The Kier molecular flexibility index (Phi) is 6.10. The van der Waals surface area contributed by atoms with Gasteiger partial charge in [-0.1, -0.05) is 25.4 Å². The van der Waals surface area contributed by atoms with Crippen LogP contribution >= 0.6 is 11.6 Å². The van der Waals surface area contributed by atoms with E-state index in [-0.39, 0.29) is 23.8 Å². The minimum absolute atomic E-state index is 0.0787. The molecule has 2 rings (SSSR count). The zero-order valence-corrected chi connectivity index (χ0v) is 15.4. The summed E-state index contributed by atoms with van der Waals surface area (Å²) in [7, 11) is 1.55. The number of hydrogen-bond donors (Lipinski definition) is 1. The first-order valence-corrected chi connectivity index (χ1v) is 8.65. The second kappa shape index (κ2) is 7.88. The first-order chi connectivity index (χ1) is 11.3. The molecular formula is C18H25ClN2O3. The first-order valence-electron chi connectivity index (χ1n) is 8.27. The maximum Gasteiger partial charge on any atom is 0.229 e. The van der Waals surface area contributed by atoms with Crippen LogP contribution in [-0.4, -0.2) is 36.4 Å². The van der Waals surface area contributed by atoms with Gasteiger partial charge in [0.15, 0.2) is 0 Å². The third kappa shape index (κ3) is 4.20. The van der Waals surface area contributed by atoms with Gasteiger partial charge in [0.2, 0.25) is 11.8 Å². The monoisotopic (exact) mass is 352 g/mol.